The van der Waals surface area contributed by atoms with Crippen molar-refractivity contribution in [3.05, 3.63) is 34.2 Å². The van der Waals surface area contributed by atoms with Gasteiger partial charge < -0.3 is 0 Å². The molecule has 2 aromatic heterocycles. The van der Waals surface area contributed by atoms with Crippen LogP contribution < -0.4 is 4.72 Å². The quantitative estimate of drug-likeness (QED) is 0.946. The predicted molar refractivity (Wildman–Crippen MR) is 71.6 cm³/mol. The van der Waals surface area contributed by atoms with Crippen molar-refractivity contribution in [2.24, 2.45) is 0 Å². The van der Waals surface area contributed by atoms with Gasteiger partial charge in [0.25, 0.3) is 10.0 Å². The summed E-state index contributed by atoms with van der Waals surface area (Å²) >= 11 is 6.64. The number of nitrogens with one attached hydrogen (secondary N) is 1. The Labute approximate surface area is 114 Å². The Morgan fingerprint density at radius 3 is 2.67 bits per heavy atom. The van der Waals surface area contributed by atoms with Crippen molar-refractivity contribution < 1.29 is 8.42 Å². The van der Waals surface area contributed by atoms with Gasteiger partial charge >= 0.3 is 0 Å². The molecule has 0 bridgehead atoms. The third-order valence-corrected chi connectivity index (χ3v) is 5.37. The van der Waals surface area contributed by atoms with Crippen LogP contribution in [0.1, 0.15) is 11.4 Å². The van der Waals surface area contributed by atoms with Gasteiger partial charge in [0.15, 0.2) is 8.68 Å². The molecule has 0 atom stereocenters. The van der Waals surface area contributed by atoms with E-state index in [9.17, 15) is 8.42 Å². The second kappa shape index (κ2) is 4.83. The summed E-state index contributed by atoms with van der Waals surface area (Å²) < 4.78 is 27.1. The maximum absolute atomic E-state index is 12.1. The van der Waals surface area contributed by atoms with Gasteiger partial charge in [-0.1, -0.05) is 22.9 Å². The minimum atomic E-state index is -3.65. The van der Waals surface area contributed by atoms with Crippen LogP contribution in [0, 0.1) is 13.8 Å². The fraction of sp³-hybridized carbons (Fsp3) is 0.200. The Bertz CT molecular complexity index is 682. The van der Waals surface area contributed by atoms with Crippen molar-refractivity contribution in [3.8, 4) is 0 Å². The minimum absolute atomic E-state index is 0.127. The van der Waals surface area contributed by atoms with Gasteiger partial charge in [0, 0.05) is 11.9 Å². The van der Waals surface area contributed by atoms with E-state index < -0.39 is 10.0 Å². The normalized spacial score (nSPS) is 11.5. The summed E-state index contributed by atoms with van der Waals surface area (Å²) in [6.07, 6.45) is 1.54. The molecule has 0 aliphatic heterocycles. The first-order valence-electron chi connectivity index (χ1n) is 4.97. The Morgan fingerprint density at radius 2 is 2.11 bits per heavy atom. The number of sulfonamides is 1. The SMILES string of the molecule is Cc1cc(NS(=O)(=O)c2sc(Cl)nc2C)ccn1. The van der Waals surface area contributed by atoms with E-state index >= 15 is 0 Å². The molecule has 2 heterocycles. The Balaban J connectivity index is 2.36. The maximum Gasteiger partial charge on any atom is 0.273 e. The number of anilines is 1. The molecule has 2 aromatic rings. The average Bonchev–Trinajstić information content (AvgIpc) is 2.58. The van der Waals surface area contributed by atoms with Crippen LogP contribution in [0.25, 0.3) is 0 Å². The van der Waals surface area contributed by atoms with E-state index in [1.807, 2.05) is 0 Å². The van der Waals surface area contributed by atoms with Crippen molar-refractivity contribution in [3.63, 3.8) is 0 Å². The van der Waals surface area contributed by atoms with E-state index in [-0.39, 0.29) is 8.68 Å². The smallest absolute Gasteiger partial charge is 0.273 e. The fourth-order valence-electron chi connectivity index (χ4n) is 1.41. The monoisotopic (exact) mass is 303 g/mol. The lowest BCUT2D eigenvalue weighted by Crippen LogP contribution is -2.12. The average molecular weight is 304 g/mol. The highest BCUT2D eigenvalue weighted by Crippen LogP contribution is 2.28. The lowest BCUT2D eigenvalue weighted by molar-refractivity contribution is 0.602. The second-order valence-corrected chi connectivity index (χ2v) is 7.09. The topological polar surface area (TPSA) is 72.0 Å². The molecular formula is C10H10ClN3O2S2. The first kappa shape index (κ1) is 13.3. The summed E-state index contributed by atoms with van der Waals surface area (Å²) in [5.41, 5.74) is 1.59. The fourth-order valence-corrected chi connectivity index (χ4v) is 4.20. The Hall–Kier alpha value is -1.18. The molecule has 0 fully saturated rings. The number of aryl methyl sites for hydroxylation is 2. The van der Waals surface area contributed by atoms with Crippen LogP contribution in [-0.2, 0) is 10.0 Å². The van der Waals surface area contributed by atoms with Crippen LogP contribution in [-0.4, -0.2) is 18.4 Å². The van der Waals surface area contributed by atoms with E-state index in [0.717, 1.165) is 17.0 Å². The van der Waals surface area contributed by atoms with Crippen LogP contribution in [0.4, 0.5) is 5.69 Å². The molecule has 0 spiro atoms. The third-order valence-electron chi connectivity index (χ3n) is 2.12. The molecular weight excluding hydrogens is 294 g/mol. The van der Waals surface area contributed by atoms with Gasteiger partial charge in [-0.2, -0.15) is 0 Å². The molecule has 0 aliphatic carbocycles. The highest BCUT2D eigenvalue weighted by molar-refractivity contribution is 7.94. The summed E-state index contributed by atoms with van der Waals surface area (Å²) in [4.78, 5) is 7.89. The maximum atomic E-state index is 12.1. The van der Waals surface area contributed by atoms with Gasteiger partial charge in [-0.3, -0.25) is 9.71 Å². The molecule has 0 saturated heterocycles. The predicted octanol–water partition coefficient (Wildman–Crippen LogP) is 2.61. The van der Waals surface area contributed by atoms with E-state index in [2.05, 4.69) is 14.7 Å². The number of thiazole rings is 1. The molecule has 0 amide bonds. The van der Waals surface area contributed by atoms with Crippen LogP contribution in [0.2, 0.25) is 4.47 Å². The van der Waals surface area contributed by atoms with Crippen LogP contribution in [0.15, 0.2) is 22.5 Å². The van der Waals surface area contributed by atoms with Crippen molar-refractivity contribution in [2.75, 3.05) is 4.72 Å². The highest BCUT2D eigenvalue weighted by atomic mass is 35.5. The molecule has 0 aliphatic rings. The minimum Gasteiger partial charge on any atom is -0.279 e. The molecule has 8 heteroatoms. The van der Waals surface area contributed by atoms with Crippen LogP contribution in [0.3, 0.4) is 0 Å². The van der Waals surface area contributed by atoms with Gasteiger partial charge in [0.05, 0.1) is 11.4 Å². The van der Waals surface area contributed by atoms with E-state index in [1.165, 1.54) is 0 Å². The summed E-state index contributed by atoms with van der Waals surface area (Å²) in [7, 11) is -3.65. The first-order chi connectivity index (χ1) is 8.38. The van der Waals surface area contributed by atoms with Gasteiger partial charge in [-0.25, -0.2) is 13.4 Å². The van der Waals surface area contributed by atoms with Crippen LogP contribution in [0.5, 0.6) is 0 Å². The molecule has 0 aromatic carbocycles. The van der Waals surface area contributed by atoms with E-state index in [0.29, 0.717) is 11.4 Å². The number of rotatable bonds is 3. The van der Waals surface area contributed by atoms with Gasteiger partial charge in [-0.15, -0.1) is 0 Å². The van der Waals surface area contributed by atoms with Gasteiger partial charge in [0.1, 0.15) is 0 Å². The summed E-state index contributed by atoms with van der Waals surface area (Å²) in [5, 5.41) is 0. The highest BCUT2D eigenvalue weighted by Gasteiger charge is 2.21. The molecule has 0 saturated carbocycles. The summed E-state index contributed by atoms with van der Waals surface area (Å²) in [6.45, 7) is 3.39. The molecule has 0 unspecified atom stereocenters. The molecule has 18 heavy (non-hydrogen) atoms. The Kier molecular flexibility index (Phi) is 3.56. The summed E-state index contributed by atoms with van der Waals surface area (Å²) in [5.74, 6) is 0. The zero-order valence-electron chi connectivity index (χ0n) is 9.64. The van der Waals surface area contributed by atoms with Crippen molar-refractivity contribution >= 4 is 38.6 Å². The number of aromatic nitrogens is 2. The van der Waals surface area contributed by atoms with Gasteiger partial charge in [-0.05, 0) is 26.0 Å². The van der Waals surface area contributed by atoms with Crippen molar-refractivity contribution in [1.29, 1.82) is 0 Å². The number of hydrogen-bond acceptors (Lipinski definition) is 5. The number of nitrogens with zero attached hydrogens (tertiary/aromatic N) is 2. The van der Waals surface area contributed by atoms with E-state index in [1.54, 1.807) is 32.2 Å². The zero-order chi connectivity index (χ0) is 13.3. The molecule has 96 valence electrons. The number of halogens is 1. The van der Waals surface area contributed by atoms with Crippen molar-refractivity contribution in [2.45, 2.75) is 18.1 Å². The first-order valence-corrected chi connectivity index (χ1v) is 7.64. The van der Waals surface area contributed by atoms with E-state index in [4.69, 9.17) is 11.6 Å². The van der Waals surface area contributed by atoms with Crippen molar-refractivity contribution in [1.82, 2.24) is 9.97 Å². The van der Waals surface area contributed by atoms with Crippen LogP contribution >= 0.6 is 22.9 Å². The number of hydrogen-bond donors (Lipinski definition) is 1. The molecule has 5 nitrogen and oxygen atoms in total. The lowest BCUT2D eigenvalue weighted by Gasteiger charge is -2.06. The molecule has 2 rings (SSSR count). The lowest BCUT2D eigenvalue weighted by atomic mass is 10.3. The number of pyridine rings is 1. The zero-order valence-corrected chi connectivity index (χ0v) is 12.0. The summed E-state index contributed by atoms with van der Waals surface area (Å²) in [6, 6.07) is 3.23. The third kappa shape index (κ3) is 2.80. The second-order valence-electron chi connectivity index (χ2n) is 3.63. The Morgan fingerprint density at radius 1 is 1.39 bits per heavy atom. The molecule has 0 radical (unpaired) electrons. The van der Waals surface area contributed by atoms with Gasteiger partial charge in [0.2, 0.25) is 0 Å². The molecule has 1 N–H and O–H groups in total. The largest absolute Gasteiger partial charge is 0.279 e. The standard InChI is InChI=1S/C10H10ClN3O2S2/c1-6-5-8(3-4-12-6)14-18(15,16)9-7(2)13-10(11)17-9/h3-5H,1-2H3,(H,12,14).